The Morgan fingerprint density at radius 1 is 1.07 bits per heavy atom. The van der Waals surface area contributed by atoms with Crippen LogP contribution in [-0.4, -0.2) is 65.1 Å². The first-order chi connectivity index (χ1) is 13.9. The van der Waals surface area contributed by atoms with Gasteiger partial charge in [-0.25, -0.2) is 0 Å². The molecule has 0 aliphatic carbocycles. The Morgan fingerprint density at radius 3 is 2.45 bits per heavy atom. The van der Waals surface area contributed by atoms with Gasteiger partial charge in [0.2, 0.25) is 0 Å². The number of ether oxygens (including phenoxy) is 1. The quantitative estimate of drug-likeness (QED) is 0.269. The molecule has 1 saturated heterocycles. The number of carbonyl (C=O) groups is 2. The van der Waals surface area contributed by atoms with Gasteiger partial charge < -0.3 is 9.57 Å². The van der Waals surface area contributed by atoms with Crippen LogP contribution >= 0.6 is 0 Å². The lowest BCUT2D eigenvalue weighted by atomic mass is 9.98. The Labute approximate surface area is 169 Å². The molecule has 1 aromatic rings. The maximum absolute atomic E-state index is 12.6. The van der Waals surface area contributed by atoms with Crippen molar-refractivity contribution in [2.45, 2.75) is 51.6 Å². The molecule has 1 fully saturated rings. The molecule has 1 aromatic carbocycles. The minimum atomic E-state index is -0.891. The highest BCUT2D eigenvalue weighted by Crippen LogP contribution is 2.27. The third kappa shape index (κ3) is 4.84. The summed E-state index contributed by atoms with van der Waals surface area (Å²) in [5, 5.41) is 9.29. The maximum Gasteiger partial charge on any atom is 0.294 e. The summed E-state index contributed by atoms with van der Waals surface area (Å²) in [6, 6.07) is 5.98. The first kappa shape index (κ1) is 21.0. The third-order valence-corrected chi connectivity index (χ3v) is 5.66. The Balaban J connectivity index is 1.55. The lowest BCUT2D eigenvalue weighted by molar-refractivity contribution is -0.757. The van der Waals surface area contributed by atoms with Gasteiger partial charge >= 0.3 is 0 Å². The fourth-order valence-corrected chi connectivity index (χ4v) is 4.11. The molecule has 0 N–H and O–H groups in total. The summed E-state index contributed by atoms with van der Waals surface area (Å²) in [7, 11) is 0. The van der Waals surface area contributed by atoms with E-state index in [2.05, 4.69) is 23.6 Å². The van der Waals surface area contributed by atoms with Crippen LogP contribution in [0.25, 0.3) is 0 Å². The van der Waals surface area contributed by atoms with Crippen LogP contribution < -0.4 is 4.74 Å². The Kier molecular flexibility index (Phi) is 6.68. The molecular formula is C20H27N3O6. The van der Waals surface area contributed by atoms with Crippen LogP contribution in [0.3, 0.4) is 0 Å². The Morgan fingerprint density at radius 2 is 1.76 bits per heavy atom. The van der Waals surface area contributed by atoms with Gasteiger partial charge in [0, 0.05) is 25.2 Å². The zero-order chi connectivity index (χ0) is 21.0. The minimum absolute atomic E-state index is 0.0705. The van der Waals surface area contributed by atoms with Gasteiger partial charge in [0.25, 0.3) is 16.9 Å². The van der Waals surface area contributed by atoms with Crippen LogP contribution in [0, 0.1) is 10.1 Å². The average Bonchev–Trinajstić information content (AvgIpc) is 2.91. The summed E-state index contributed by atoms with van der Waals surface area (Å²) in [6.45, 7) is 5.71. The molecule has 0 bridgehead atoms. The van der Waals surface area contributed by atoms with E-state index in [9.17, 15) is 19.7 Å². The van der Waals surface area contributed by atoms with Gasteiger partial charge in [-0.1, -0.05) is 6.42 Å². The molecule has 2 atom stereocenters. The van der Waals surface area contributed by atoms with Crippen LogP contribution in [0.1, 0.15) is 60.2 Å². The molecule has 3 rings (SSSR count). The van der Waals surface area contributed by atoms with E-state index in [4.69, 9.17) is 4.74 Å². The largest absolute Gasteiger partial charge is 0.492 e. The molecule has 29 heavy (non-hydrogen) atoms. The standard InChI is InChI=1S/C20H27N3O6/c1-14-5-3-6-15(2)21(14)10-12-28-16-7-8-17-18(13-16)20(25)22(19(17)24)9-4-11-29-23(26)27/h7-8,13-15H,3-6,9-12H2,1-2H3. The number of rotatable bonds is 9. The van der Waals surface area contributed by atoms with Crippen molar-refractivity contribution in [1.29, 1.82) is 0 Å². The van der Waals surface area contributed by atoms with Crippen molar-refractivity contribution in [2.24, 2.45) is 0 Å². The fraction of sp³-hybridized carbons (Fsp3) is 0.600. The number of imide groups is 1. The van der Waals surface area contributed by atoms with Crippen molar-refractivity contribution in [1.82, 2.24) is 9.80 Å². The SMILES string of the molecule is CC1CCCC(C)N1CCOc1ccc2c(c1)C(=O)N(CCCO[N+](=O)[O-])C2=O. The second kappa shape index (κ2) is 9.21. The number of likely N-dealkylation sites (tertiary alicyclic amines) is 1. The summed E-state index contributed by atoms with van der Waals surface area (Å²) in [5.41, 5.74) is 0.637. The summed E-state index contributed by atoms with van der Waals surface area (Å²) in [6.07, 6.45) is 3.85. The molecule has 2 unspecified atom stereocenters. The first-order valence-electron chi connectivity index (χ1n) is 10.0. The fourth-order valence-electron chi connectivity index (χ4n) is 4.11. The maximum atomic E-state index is 12.6. The highest BCUT2D eigenvalue weighted by molar-refractivity contribution is 6.21. The molecular weight excluding hydrogens is 378 g/mol. The van der Waals surface area contributed by atoms with Gasteiger partial charge in [-0.15, -0.1) is 10.1 Å². The number of benzene rings is 1. The predicted octanol–water partition coefficient (Wildman–Crippen LogP) is 2.52. The number of nitrogens with zero attached hydrogens (tertiary/aromatic N) is 3. The zero-order valence-corrected chi connectivity index (χ0v) is 16.8. The highest BCUT2D eigenvalue weighted by atomic mass is 16.9. The van der Waals surface area contributed by atoms with Crippen LogP contribution in [-0.2, 0) is 4.84 Å². The summed E-state index contributed by atoms with van der Waals surface area (Å²) < 4.78 is 5.86. The number of piperidine rings is 1. The Hall–Kier alpha value is -2.68. The van der Waals surface area contributed by atoms with E-state index < -0.39 is 16.9 Å². The molecule has 9 heteroatoms. The molecule has 2 amide bonds. The van der Waals surface area contributed by atoms with Crippen molar-refractivity contribution in [3.8, 4) is 5.75 Å². The molecule has 0 spiro atoms. The van der Waals surface area contributed by atoms with Gasteiger partial charge in [0.05, 0.1) is 17.7 Å². The van der Waals surface area contributed by atoms with E-state index in [0.29, 0.717) is 35.6 Å². The van der Waals surface area contributed by atoms with Crippen molar-refractivity contribution < 1.29 is 24.3 Å². The molecule has 0 aromatic heterocycles. The third-order valence-electron chi connectivity index (χ3n) is 5.66. The normalized spacial score (nSPS) is 21.9. The lowest BCUT2D eigenvalue weighted by Crippen LogP contribution is -2.45. The van der Waals surface area contributed by atoms with Crippen LogP contribution in [0.2, 0.25) is 0 Å². The topological polar surface area (TPSA) is 102 Å². The van der Waals surface area contributed by atoms with Gasteiger partial charge in [-0.05, 0) is 51.3 Å². The second-order valence-electron chi connectivity index (χ2n) is 7.59. The smallest absolute Gasteiger partial charge is 0.294 e. The van der Waals surface area contributed by atoms with E-state index in [1.807, 2.05) is 0 Å². The molecule has 2 aliphatic heterocycles. The van der Waals surface area contributed by atoms with E-state index in [1.54, 1.807) is 18.2 Å². The molecule has 2 aliphatic rings. The molecule has 158 valence electrons. The van der Waals surface area contributed by atoms with Gasteiger partial charge in [-0.2, -0.15) is 0 Å². The average molecular weight is 405 g/mol. The van der Waals surface area contributed by atoms with Crippen LogP contribution in [0.4, 0.5) is 0 Å². The van der Waals surface area contributed by atoms with Crippen molar-refractivity contribution >= 4 is 11.8 Å². The van der Waals surface area contributed by atoms with E-state index in [1.165, 1.54) is 19.3 Å². The number of fused-ring (bicyclic) bond motifs is 1. The van der Waals surface area contributed by atoms with Crippen molar-refractivity contribution in [3.63, 3.8) is 0 Å². The molecule has 0 radical (unpaired) electrons. The van der Waals surface area contributed by atoms with Gasteiger partial charge in [-0.3, -0.25) is 19.4 Å². The highest BCUT2D eigenvalue weighted by Gasteiger charge is 2.35. The van der Waals surface area contributed by atoms with E-state index in [-0.39, 0.29) is 19.6 Å². The summed E-state index contributed by atoms with van der Waals surface area (Å²) in [5.74, 6) is -0.246. The van der Waals surface area contributed by atoms with E-state index in [0.717, 1.165) is 11.4 Å². The zero-order valence-electron chi connectivity index (χ0n) is 16.8. The van der Waals surface area contributed by atoms with E-state index >= 15 is 0 Å². The van der Waals surface area contributed by atoms with Gasteiger partial charge in [0.15, 0.2) is 0 Å². The van der Waals surface area contributed by atoms with Crippen molar-refractivity contribution in [2.75, 3.05) is 26.3 Å². The predicted molar refractivity (Wildman–Crippen MR) is 104 cm³/mol. The van der Waals surface area contributed by atoms with Gasteiger partial charge in [0.1, 0.15) is 12.4 Å². The Bertz CT molecular complexity index is 773. The molecule has 2 heterocycles. The lowest BCUT2D eigenvalue weighted by Gasteiger charge is -2.38. The summed E-state index contributed by atoms with van der Waals surface area (Å²) >= 11 is 0. The molecule has 0 saturated carbocycles. The molecule has 9 nitrogen and oxygen atoms in total. The number of carbonyl (C=O) groups excluding carboxylic acids is 2. The number of hydrogen-bond acceptors (Lipinski definition) is 7. The number of amides is 2. The monoisotopic (exact) mass is 405 g/mol. The summed E-state index contributed by atoms with van der Waals surface area (Å²) in [4.78, 5) is 42.9. The van der Waals surface area contributed by atoms with Crippen LogP contribution in [0.15, 0.2) is 18.2 Å². The second-order valence-corrected chi connectivity index (χ2v) is 7.59. The minimum Gasteiger partial charge on any atom is -0.492 e. The number of hydrogen-bond donors (Lipinski definition) is 0. The van der Waals surface area contributed by atoms with Crippen LogP contribution in [0.5, 0.6) is 5.75 Å². The first-order valence-corrected chi connectivity index (χ1v) is 10.0. The van der Waals surface area contributed by atoms with Crippen molar-refractivity contribution in [3.05, 3.63) is 39.4 Å².